The Hall–Kier alpha value is -1.55. The van der Waals surface area contributed by atoms with Crippen LogP contribution in [0.3, 0.4) is 0 Å². The van der Waals surface area contributed by atoms with Crippen LogP contribution in [0.25, 0.3) is 0 Å². The number of ether oxygens (including phenoxy) is 1. The number of carbonyl (C=O) groups excluding carboxylic acids is 1. The molecule has 0 radical (unpaired) electrons. The number of hydrogen-bond donors (Lipinski definition) is 1. The molecule has 20 heavy (non-hydrogen) atoms. The number of aryl methyl sites for hydroxylation is 1. The smallest absolute Gasteiger partial charge is 0.223 e. The molecular weight excluding hydrogens is 254 g/mol. The van der Waals surface area contributed by atoms with E-state index < -0.39 is 6.10 Å². The Kier molecular flexibility index (Phi) is 6.52. The number of nitrogens with zero attached hydrogens (tertiary/aromatic N) is 1. The minimum Gasteiger partial charge on any atom is -0.497 e. The quantitative estimate of drug-likeness (QED) is 0.833. The summed E-state index contributed by atoms with van der Waals surface area (Å²) < 4.78 is 5.11. The van der Waals surface area contributed by atoms with Gasteiger partial charge in [-0.2, -0.15) is 0 Å². The zero-order chi connectivity index (χ0) is 15.1. The Morgan fingerprint density at radius 2 is 1.85 bits per heavy atom. The lowest BCUT2D eigenvalue weighted by Gasteiger charge is -2.28. The number of rotatable bonds is 7. The maximum absolute atomic E-state index is 12.2. The molecule has 4 heteroatoms. The van der Waals surface area contributed by atoms with Crippen molar-refractivity contribution >= 4 is 5.91 Å². The highest BCUT2D eigenvalue weighted by molar-refractivity contribution is 5.76. The zero-order valence-electron chi connectivity index (χ0n) is 12.8. The van der Waals surface area contributed by atoms with Crippen LogP contribution in [0.4, 0.5) is 0 Å². The summed E-state index contributed by atoms with van der Waals surface area (Å²) >= 11 is 0. The van der Waals surface area contributed by atoms with E-state index in [2.05, 4.69) is 0 Å². The lowest BCUT2D eigenvalue weighted by molar-refractivity contribution is -0.134. The number of carbonyl (C=O) groups is 1. The molecule has 0 aliphatic heterocycles. The summed E-state index contributed by atoms with van der Waals surface area (Å²) in [6.07, 6.45) is 0.658. The van der Waals surface area contributed by atoms with Gasteiger partial charge in [0.05, 0.1) is 13.2 Å². The van der Waals surface area contributed by atoms with Crippen molar-refractivity contribution in [1.82, 2.24) is 4.90 Å². The second-order valence-corrected chi connectivity index (χ2v) is 5.34. The fourth-order valence-electron chi connectivity index (χ4n) is 2.07. The SMILES string of the molecule is COc1ccc(CCC(=O)N(CC(C)O)C(C)C)cc1. The van der Waals surface area contributed by atoms with Gasteiger partial charge in [0.25, 0.3) is 0 Å². The Morgan fingerprint density at radius 3 is 2.30 bits per heavy atom. The van der Waals surface area contributed by atoms with Crippen LogP contribution in [0.2, 0.25) is 0 Å². The molecule has 0 spiro atoms. The van der Waals surface area contributed by atoms with Gasteiger partial charge in [0, 0.05) is 19.0 Å². The third-order valence-electron chi connectivity index (χ3n) is 3.19. The Labute approximate surface area is 121 Å². The molecule has 0 heterocycles. The number of aliphatic hydroxyl groups excluding tert-OH is 1. The first-order valence-electron chi connectivity index (χ1n) is 7.04. The third-order valence-corrected chi connectivity index (χ3v) is 3.19. The van der Waals surface area contributed by atoms with E-state index >= 15 is 0 Å². The van der Waals surface area contributed by atoms with Gasteiger partial charge < -0.3 is 14.7 Å². The molecule has 0 aliphatic rings. The van der Waals surface area contributed by atoms with Crippen LogP contribution in [-0.4, -0.2) is 41.7 Å². The van der Waals surface area contributed by atoms with Crippen molar-refractivity contribution in [3.05, 3.63) is 29.8 Å². The van der Waals surface area contributed by atoms with E-state index in [-0.39, 0.29) is 11.9 Å². The minimum absolute atomic E-state index is 0.0803. The fourth-order valence-corrected chi connectivity index (χ4v) is 2.07. The van der Waals surface area contributed by atoms with Crippen LogP contribution < -0.4 is 4.74 Å². The predicted octanol–water partition coefficient (Wildman–Crippen LogP) is 2.25. The maximum Gasteiger partial charge on any atom is 0.223 e. The van der Waals surface area contributed by atoms with E-state index in [1.807, 2.05) is 38.1 Å². The average Bonchev–Trinajstić information content (AvgIpc) is 2.42. The minimum atomic E-state index is -0.498. The van der Waals surface area contributed by atoms with Gasteiger partial charge in [0.2, 0.25) is 5.91 Å². The van der Waals surface area contributed by atoms with E-state index in [4.69, 9.17) is 4.74 Å². The van der Waals surface area contributed by atoms with E-state index in [9.17, 15) is 9.90 Å². The normalized spacial score (nSPS) is 12.3. The lowest BCUT2D eigenvalue weighted by Crippen LogP contribution is -2.41. The molecule has 0 saturated carbocycles. The highest BCUT2D eigenvalue weighted by Crippen LogP contribution is 2.13. The van der Waals surface area contributed by atoms with Gasteiger partial charge in [0.1, 0.15) is 5.75 Å². The molecule has 4 nitrogen and oxygen atoms in total. The molecule has 0 bridgehead atoms. The summed E-state index contributed by atoms with van der Waals surface area (Å²) in [5.74, 6) is 0.898. The maximum atomic E-state index is 12.2. The molecule has 1 aromatic carbocycles. The van der Waals surface area contributed by atoms with Crippen molar-refractivity contribution in [1.29, 1.82) is 0 Å². The Balaban J connectivity index is 2.55. The van der Waals surface area contributed by atoms with Crippen molar-refractivity contribution < 1.29 is 14.6 Å². The second-order valence-electron chi connectivity index (χ2n) is 5.34. The first-order valence-corrected chi connectivity index (χ1v) is 7.04. The number of amides is 1. The molecule has 0 aromatic heterocycles. The van der Waals surface area contributed by atoms with Gasteiger partial charge in [-0.05, 0) is 44.9 Å². The number of methoxy groups -OCH3 is 1. The van der Waals surface area contributed by atoms with Gasteiger partial charge in [-0.25, -0.2) is 0 Å². The molecule has 1 amide bonds. The lowest BCUT2D eigenvalue weighted by atomic mass is 10.1. The summed E-state index contributed by atoms with van der Waals surface area (Å²) in [4.78, 5) is 13.9. The Morgan fingerprint density at radius 1 is 1.25 bits per heavy atom. The van der Waals surface area contributed by atoms with E-state index in [1.54, 1.807) is 18.9 Å². The predicted molar refractivity (Wildman–Crippen MR) is 79.8 cm³/mol. The van der Waals surface area contributed by atoms with Gasteiger partial charge in [-0.3, -0.25) is 4.79 Å². The van der Waals surface area contributed by atoms with Gasteiger partial charge in [-0.1, -0.05) is 12.1 Å². The van der Waals surface area contributed by atoms with Crippen molar-refractivity contribution in [2.24, 2.45) is 0 Å². The third kappa shape index (κ3) is 5.21. The fraction of sp³-hybridized carbons (Fsp3) is 0.562. The second kappa shape index (κ2) is 7.90. The highest BCUT2D eigenvalue weighted by atomic mass is 16.5. The summed E-state index contributed by atoms with van der Waals surface area (Å²) in [5, 5.41) is 9.46. The highest BCUT2D eigenvalue weighted by Gasteiger charge is 2.18. The zero-order valence-corrected chi connectivity index (χ0v) is 12.8. The van der Waals surface area contributed by atoms with Crippen LogP contribution in [0.1, 0.15) is 32.8 Å². The van der Waals surface area contributed by atoms with Crippen molar-refractivity contribution in [2.45, 2.75) is 45.8 Å². The molecule has 112 valence electrons. The van der Waals surface area contributed by atoms with Gasteiger partial charge in [0.15, 0.2) is 0 Å². The first-order chi connectivity index (χ1) is 9.43. The standard InChI is InChI=1S/C16H25NO3/c1-12(2)17(11-13(3)18)16(19)10-7-14-5-8-15(20-4)9-6-14/h5-6,8-9,12-13,18H,7,10-11H2,1-4H3. The summed E-state index contributed by atoms with van der Waals surface area (Å²) in [6, 6.07) is 7.85. The van der Waals surface area contributed by atoms with Crippen molar-refractivity contribution in [3.8, 4) is 5.75 Å². The average molecular weight is 279 g/mol. The van der Waals surface area contributed by atoms with Crippen LogP contribution >= 0.6 is 0 Å². The molecule has 1 rings (SSSR count). The monoisotopic (exact) mass is 279 g/mol. The summed E-state index contributed by atoms with van der Waals surface area (Å²) in [7, 11) is 1.63. The molecule has 1 unspecified atom stereocenters. The number of aliphatic hydroxyl groups is 1. The number of benzene rings is 1. The molecule has 0 saturated heterocycles. The van der Waals surface area contributed by atoms with Crippen LogP contribution in [0, 0.1) is 0 Å². The topological polar surface area (TPSA) is 49.8 Å². The first kappa shape index (κ1) is 16.5. The van der Waals surface area contributed by atoms with Gasteiger partial charge in [-0.15, -0.1) is 0 Å². The Bertz CT molecular complexity index is 412. The molecule has 1 N–H and O–H groups in total. The van der Waals surface area contributed by atoms with E-state index in [0.717, 1.165) is 11.3 Å². The summed E-state index contributed by atoms with van der Waals surface area (Å²) in [5.41, 5.74) is 1.11. The van der Waals surface area contributed by atoms with Gasteiger partial charge >= 0.3 is 0 Å². The van der Waals surface area contributed by atoms with Crippen molar-refractivity contribution in [2.75, 3.05) is 13.7 Å². The van der Waals surface area contributed by atoms with Crippen LogP contribution in [-0.2, 0) is 11.2 Å². The van der Waals surface area contributed by atoms with Crippen LogP contribution in [0.15, 0.2) is 24.3 Å². The molecule has 1 aromatic rings. The largest absolute Gasteiger partial charge is 0.497 e. The molecule has 0 fully saturated rings. The molecule has 0 aliphatic carbocycles. The number of hydrogen-bond acceptors (Lipinski definition) is 3. The molecule has 1 atom stereocenters. The van der Waals surface area contributed by atoms with Crippen molar-refractivity contribution in [3.63, 3.8) is 0 Å². The van der Waals surface area contributed by atoms with E-state index in [1.165, 1.54) is 0 Å². The summed E-state index contributed by atoms with van der Waals surface area (Å²) in [6.45, 7) is 6.02. The van der Waals surface area contributed by atoms with Crippen LogP contribution in [0.5, 0.6) is 5.75 Å². The van der Waals surface area contributed by atoms with E-state index in [0.29, 0.717) is 19.4 Å². The molecular formula is C16H25NO3.